The molecular formula is C28H28N2O4. The summed E-state index contributed by atoms with van der Waals surface area (Å²) < 4.78 is 8.03. The van der Waals surface area contributed by atoms with Gasteiger partial charge in [-0.2, -0.15) is 0 Å². The second-order valence-corrected chi connectivity index (χ2v) is 9.09. The zero-order chi connectivity index (χ0) is 23.7. The van der Waals surface area contributed by atoms with Crippen LogP contribution in [0.1, 0.15) is 71.1 Å². The average molecular weight is 457 g/mol. The summed E-state index contributed by atoms with van der Waals surface area (Å²) in [5.41, 5.74) is 2.34. The van der Waals surface area contributed by atoms with E-state index in [4.69, 9.17) is 9.72 Å². The van der Waals surface area contributed by atoms with Gasteiger partial charge in [-0.25, -0.2) is 9.78 Å². The molecule has 2 aliphatic carbocycles. The van der Waals surface area contributed by atoms with E-state index in [1.165, 1.54) is 19.3 Å². The number of aromatic nitrogens is 2. The number of carbonyl (C=O) groups excluding carboxylic acids is 1. The van der Waals surface area contributed by atoms with E-state index in [-0.39, 0.29) is 11.3 Å². The van der Waals surface area contributed by atoms with Crippen LogP contribution in [0.5, 0.6) is 0 Å². The van der Waals surface area contributed by atoms with E-state index in [1.54, 1.807) is 31.4 Å². The second kappa shape index (κ2) is 9.03. The lowest BCUT2D eigenvalue weighted by molar-refractivity contribution is 0.0293. The molecule has 1 fully saturated rings. The minimum absolute atomic E-state index is 0.0750. The Balaban J connectivity index is 1.55. The topological polar surface area (TPSA) is 81.4 Å². The van der Waals surface area contributed by atoms with Crippen molar-refractivity contribution in [3.05, 3.63) is 83.7 Å². The van der Waals surface area contributed by atoms with E-state index in [0.29, 0.717) is 23.5 Å². The van der Waals surface area contributed by atoms with Crippen molar-refractivity contribution in [3.63, 3.8) is 0 Å². The van der Waals surface area contributed by atoms with Crippen LogP contribution in [0.2, 0.25) is 0 Å². The monoisotopic (exact) mass is 456 g/mol. The Kier molecular flexibility index (Phi) is 5.92. The van der Waals surface area contributed by atoms with Crippen molar-refractivity contribution in [3.8, 4) is 0 Å². The molecule has 0 bridgehead atoms. The predicted molar refractivity (Wildman–Crippen MR) is 131 cm³/mol. The fraction of sp³-hybridized carbons (Fsp3) is 0.321. The van der Waals surface area contributed by atoms with E-state index in [1.807, 2.05) is 42.5 Å². The summed E-state index contributed by atoms with van der Waals surface area (Å²) in [5, 5.41) is 9.45. The van der Waals surface area contributed by atoms with Gasteiger partial charge in [0, 0.05) is 30.7 Å². The van der Waals surface area contributed by atoms with Crippen LogP contribution >= 0.6 is 0 Å². The molecular weight excluding hydrogens is 428 g/mol. The van der Waals surface area contributed by atoms with Crippen LogP contribution in [0, 0.1) is 0 Å². The van der Waals surface area contributed by atoms with Gasteiger partial charge in [0.2, 0.25) is 0 Å². The minimum Gasteiger partial charge on any atom is -0.478 e. The molecule has 0 aliphatic heterocycles. The van der Waals surface area contributed by atoms with Gasteiger partial charge >= 0.3 is 5.97 Å². The number of methoxy groups -OCH3 is 1. The Morgan fingerprint density at radius 1 is 1.06 bits per heavy atom. The normalized spacial score (nSPS) is 20.9. The van der Waals surface area contributed by atoms with Gasteiger partial charge in [-0.05, 0) is 37.1 Å². The Morgan fingerprint density at radius 3 is 2.47 bits per heavy atom. The van der Waals surface area contributed by atoms with E-state index in [9.17, 15) is 14.7 Å². The number of aromatic carboxylic acids is 1. The van der Waals surface area contributed by atoms with E-state index in [2.05, 4.69) is 4.57 Å². The average Bonchev–Trinajstić information content (AvgIpc) is 3.28. The summed E-state index contributed by atoms with van der Waals surface area (Å²) in [6.45, 7) is 0. The van der Waals surface area contributed by atoms with Gasteiger partial charge in [0.15, 0.2) is 11.4 Å². The number of hydrogen-bond donors (Lipinski definition) is 1. The molecule has 1 heterocycles. The van der Waals surface area contributed by atoms with Crippen LogP contribution in [0.3, 0.4) is 0 Å². The largest absolute Gasteiger partial charge is 0.478 e. The van der Waals surface area contributed by atoms with E-state index >= 15 is 0 Å². The molecule has 0 spiro atoms. The SMILES string of the molecule is COC1(C(=O)c2ccccc2)C=CC(c2nc3cc(C(=O)O)ccc3n2C2CCCCC2)=CC1. The number of rotatable bonds is 6. The predicted octanol–water partition coefficient (Wildman–Crippen LogP) is 5.85. The van der Waals surface area contributed by atoms with Gasteiger partial charge in [0.05, 0.1) is 16.6 Å². The lowest BCUT2D eigenvalue weighted by Gasteiger charge is -2.30. The molecule has 5 rings (SSSR count). The van der Waals surface area contributed by atoms with Gasteiger partial charge in [-0.3, -0.25) is 4.79 Å². The molecule has 1 aromatic heterocycles. The van der Waals surface area contributed by atoms with Crippen LogP contribution < -0.4 is 0 Å². The van der Waals surface area contributed by atoms with Crippen LogP contribution in [0.15, 0.2) is 66.8 Å². The first-order valence-electron chi connectivity index (χ1n) is 11.8. The second-order valence-electron chi connectivity index (χ2n) is 9.09. The molecule has 1 N–H and O–H groups in total. The number of imidazole rings is 1. The first-order valence-corrected chi connectivity index (χ1v) is 11.8. The lowest BCUT2D eigenvalue weighted by Crippen LogP contribution is -2.39. The molecule has 1 unspecified atom stereocenters. The lowest BCUT2D eigenvalue weighted by atomic mass is 9.84. The van der Waals surface area contributed by atoms with Crippen LogP contribution in [-0.2, 0) is 4.74 Å². The summed E-state index contributed by atoms with van der Waals surface area (Å²) in [5.74, 6) is -0.219. The van der Waals surface area contributed by atoms with Crippen LogP contribution in [-0.4, -0.2) is 39.1 Å². The number of ether oxygens (including phenoxy) is 1. The molecule has 2 aromatic carbocycles. The molecule has 174 valence electrons. The molecule has 0 amide bonds. The highest BCUT2D eigenvalue weighted by Crippen LogP contribution is 2.37. The number of Topliss-reactive ketones (excluding diaryl/α,β-unsaturated/α-hetero) is 1. The van der Waals surface area contributed by atoms with Crippen molar-refractivity contribution in [2.24, 2.45) is 0 Å². The summed E-state index contributed by atoms with van der Waals surface area (Å²) in [4.78, 5) is 29.7. The van der Waals surface area contributed by atoms with Crippen molar-refractivity contribution < 1.29 is 19.4 Å². The molecule has 6 nitrogen and oxygen atoms in total. The standard InChI is InChI=1S/C28H28N2O4/c1-34-28(25(31)19-8-4-2-5-9-19)16-14-20(15-17-28)26-29-23-18-21(27(32)33)12-13-24(23)30(26)22-10-6-3-7-11-22/h2,4-5,8-9,12-16,18,22H,3,6-7,10-11,17H2,1H3,(H,32,33). The summed E-state index contributed by atoms with van der Waals surface area (Å²) >= 11 is 0. The van der Waals surface area contributed by atoms with Crippen molar-refractivity contribution in [1.82, 2.24) is 9.55 Å². The first kappa shape index (κ1) is 22.3. The zero-order valence-electron chi connectivity index (χ0n) is 19.2. The Bertz CT molecular complexity index is 1300. The van der Waals surface area contributed by atoms with E-state index in [0.717, 1.165) is 29.8 Å². The van der Waals surface area contributed by atoms with Crippen molar-refractivity contribution in [2.45, 2.75) is 50.2 Å². The smallest absolute Gasteiger partial charge is 0.335 e. The number of nitrogens with zero attached hydrogens (tertiary/aromatic N) is 2. The quantitative estimate of drug-likeness (QED) is 0.471. The zero-order valence-corrected chi connectivity index (χ0v) is 19.2. The van der Waals surface area contributed by atoms with Crippen molar-refractivity contribution in [2.75, 3.05) is 7.11 Å². The molecule has 3 aromatic rings. The van der Waals surface area contributed by atoms with Crippen molar-refractivity contribution >= 4 is 28.4 Å². The third-order valence-corrected chi connectivity index (χ3v) is 7.08. The van der Waals surface area contributed by atoms with Crippen molar-refractivity contribution in [1.29, 1.82) is 0 Å². The highest BCUT2D eigenvalue weighted by molar-refractivity contribution is 6.05. The number of fused-ring (bicyclic) bond motifs is 1. The van der Waals surface area contributed by atoms with Gasteiger partial charge in [0.25, 0.3) is 0 Å². The number of carboxylic acid groups (broad SMARTS) is 1. The molecule has 34 heavy (non-hydrogen) atoms. The highest BCUT2D eigenvalue weighted by Gasteiger charge is 2.38. The van der Waals surface area contributed by atoms with Gasteiger partial charge in [0.1, 0.15) is 5.82 Å². The third-order valence-electron chi connectivity index (χ3n) is 7.08. The summed E-state index contributed by atoms with van der Waals surface area (Å²) in [7, 11) is 1.56. The maximum Gasteiger partial charge on any atom is 0.335 e. The number of benzene rings is 2. The summed E-state index contributed by atoms with van der Waals surface area (Å²) in [6.07, 6.45) is 11.9. The number of allylic oxidation sites excluding steroid dienone is 2. The Labute approximate surface area is 198 Å². The number of carboxylic acids is 1. The van der Waals surface area contributed by atoms with Crippen LogP contribution in [0.4, 0.5) is 0 Å². The fourth-order valence-electron chi connectivity index (χ4n) is 5.18. The number of carbonyl (C=O) groups is 2. The minimum atomic E-state index is -1.05. The van der Waals surface area contributed by atoms with Gasteiger partial charge in [-0.15, -0.1) is 0 Å². The Hall–Kier alpha value is -3.51. The molecule has 0 saturated heterocycles. The fourth-order valence-corrected chi connectivity index (χ4v) is 5.18. The molecule has 1 saturated carbocycles. The van der Waals surface area contributed by atoms with E-state index < -0.39 is 11.6 Å². The maximum atomic E-state index is 13.3. The molecule has 0 radical (unpaired) electrons. The molecule has 6 heteroatoms. The Morgan fingerprint density at radius 2 is 1.82 bits per heavy atom. The first-order chi connectivity index (χ1) is 16.5. The number of hydrogen-bond acceptors (Lipinski definition) is 4. The van der Waals surface area contributed by atoms with Gasteiger partial charge < -0.3 is 14.4 Å². The van der Waals surface area contributed by atoms with Gasteiger partial charge in [-0.1, -0.05) is 61.7 Å². The third kappa shape index (κ3) is 3.88. The maximum absolute atomic E-state index is 13.3. The number of ketones is 1. The molecule has 2 aliphatic rings. The van der Waals surface area contributed by atoms with Crippen LogP contribution in [0.25, 0.3) is 16.6 Å². The highest BCUT2D eigenvalue weighted by atomic mass is 16.5. The summed E-state index contributed by atoms with van der Waals surface area (Å²) in [6, 6.07) is 14.7. The molecule has 1 atom stereocenters.